The molecule has 0 aromatic heterocycles. The first-order valence-corrected chi connectivity index (χ1v) is 8.27. The van der Waals surface area contributed by atoms with E-state index in [9.17, 15) is 18.0 Å². The summed E-state index contributed by atoms with van der Waals surface area (Å²) in [6.07, 6.45) is 0.627. The molecule has 7 nitrogen and oxygen atoms in total. The number of sulfonamides is 1. The summed E-state index contributed by atoms with van der Waals surface area (Å²) in [6, 6.07) is -0.499. The van der Waals surface area contributed by atoms with E-state index in [1.165, 1.54) is 4.31 Å². The molecule has 114 valence electrons. The molecule has 3 amide bonds. The molecule has 2 aliphatic rings. The van der Waals surface area contributed by atoms with E-state index in [1.54, 1.807) is 0 Å². The van der Waals surface area contributed by atoms with Crippen molar-refractivity contribution in [3.8, 4) is 0 Å². The lowest BCUT2D eigenvalue weighted by Gasteiger charge is -2.37. The van der Waals surface area contributed by atoms with E-state index in [1.807, 2.05) is 20.8 Å². The molecule has 0 aliphatic carbocycles. The molecule has 0 aromatic carbocycles. The molecule has 0 atom stereocenters. The van der Waals surface area contributed by atoms with Gasteiger partial charge >= 0.3 is 6.03 Å². The first kappa shape index (κ1) is 15.2. The van der Waals surface area contributed by atoms with E-state index in [2.05, 4.69) is 10.6 Å². The predicted octanol–water partition coefficient (Wildman–Crippen LogP) is 0.0363. The highest BCUT2D eigenvalue weighted by atomic mass is 32.2. The Labute approximate surface area is 119 Å². The van der Waals surface area contributed by atoms with Crippen LogP contribution in [0.25, 0.3) is 0 Å². The summed E-state index contributed by atoms with van der Waals surface area (Å²) in [7, 11) is -3.33. The average Bonchev–Trinajstić information content (AvgIpc) is 2.51. The maximum absolute atomic E-state index is 12.3. The van der Waals surface area contributed by atoms with Crippen LogP contribution in [0.1, 0.15) is 33.6 Å². The lowest BCUT2D eigenvalue weighted by Crippen LogP contribution is -2.56. The van der Waals surface area contributed by atoms with Crippen LogP contribution in [-0.2, 0) is 14.8 Å². The lowest BCUT2D eigenvalue weighted by atomic mass is 9.89. The number of piperidine rings is 1. The molecule has 1 spiro atoms. The van der Waals surface area contributed by atoms with Gasteiger partial charge in [-0.2, -0.15) is 0 Å². The van der Waals surface area contributed by atoms with Crippen molar-refractivity contribution in [1.29, 1.82) is 0 Å². The molecule has 0 unspecified atom stereocenters. The van der Waals surface area contributed by atoms with E-state index in [-0.39, 0.29) is 30.2 Å². The van der Waals surface area contributed by atoms with Crippen LogP contribution in [0.3, 0.4) is 0 Å². The Kier molecular flexibility index (Phi) is 3.58. The van der Waals surface area contributed by atoms with Gasteiger partial charge in [-0.1, -0.05) is 20.8 Å². The topological polar surface area (TPSA) is 95.6 Å². The molecular formula is C12H21N3O4S. The molecule has 2 rings (SSSR count). The summed E-state index contributed by atoms with van der Waals surface area (Å²) in [6.45, 7) is 6.14. The van der Waals surface area contributed by atoms with Crippen LogP contribution >= 0.6 is 0 Å². The largest absolute Gasteiger partial charge is 0.323 e. The smallest absolute Gasteiger partial charge is 0.322 e. The van der Waals surface area contributed by atoms with Gasteiger partial charge in [-0.3, -0.25) is 10.1 Å². The Morgan fingerprint density at radius 2 is 1.75 bits per heavy atom. The molecular weight excluding hydrogens is 282 g/mol. The SMILES string of the molecule is CC(C)(C)CS(=O)(=O)N1CCC2(CC1)NC(=O)NC2=O. The number of carbonyl (C=O) groups excluding carboxylic acids is 2. The van der Waals surface area contributed by atoms with Crippen molar-refractivity contribution in [3.05, 3.63) is 0 Å². The van der Waals surface area contributed by atoms with E-state index >= 15 is 0 Å². The minimum atomic E-state index is -3.33. The van der Waals surface area contributed by atoms with Gasteiger partial charge in [0.2, 0.25) is 10.0 Å². The highest BCUT2D eigenvalue weighted by molar-refractivity contribution is 7.89. The third-order valence-electron chi connectivity index (χ3n) is 3.60. The molecule has 2 fully saturated rings. The van der Waals surface area contributed by atoms with Crippen LogP contribution < -0.4 is 10.6 Å². The van der Waals surface area contributed by atoms with Gasteiger partial charge < -0.3 is 5.32 Å². The number of nitrogens with one attached hydrogen (secondary N) is 2. The van der Waals surface area contributed by atoms with Gasteiger partial charge in [0, 0.05) is 13.1 Å². The molecule has 2 aliphatic heterocycles. The molecule has 2 N–H and O–H groups in total. The monoisotopic (exact) mass is 303 g/mol. The Morgan fingerprint density at radius 1 is 1.20 bits per heavy atom. The van der Waals surface area contributed by atoms with Crippen molar-refractivity contribution in [1.82, 2.24) is 14.9 Å². The summed E-state index contributed by atoms with van der Waals surface area (Å²) in [4.78, 5) is 23.0. The zero-order valence-electron chi connectivity index (χ0n) is 12.0. The second kappa shape index (κ2) is 4.70. The molecule has 0 aromatic rings. The summed E-state index contributed by atoms with van der Waals surface area (Å²) in [5.74, 6) is -0.277. The lowest BCUT2D eigenvalue weighted by molar-refractivity contribution is -0.125. The van der Waals surface area contributed by atoms with Crippen LogP contribution in [-0.4, -0.2) is 49.0 Å². The predicted molar refractivity (Wildman–Crippen MR) is 73.5 cm³/mol. The fourth-order valence-corrected chi connectivity index (χ4v) is 4.68. The molecule has 2 heterocycles. The number of amides is 3. The van der Waals surface area contributed by atoms with Gasteiger partial charge in [0.1, 0.15) is 5.54 Å². The van der Waals surface area contributed by atoms with Crippen molar-refractivity contribution in [2.45, 2.75) is 39.2 Å². The van der Waals surface area contributed by atoms with E-state index in [4.69, 9.17) is 0 Å². The van der Waals surface area contributed by atoms with Crippen LogP contribution in [0, 0.1) is 5.41 Å². The van der Waals surface area contributed by atoms with Gasteiger partial charge in [0.05, 0.1) is 5.75 Å². The fraction of sp³-hybridized carbons (Fsp3) is 0.833. The number of rotatable bonds is 2. The molecule has 8 heteroatoms. The molecule has 2 saturated heterocycles. The van der Waals surface area contributed by atoms with Crippen molar-refractivity contribution < 1.29 is 18.0 Å². The van der Waals surface area contributed by atoms with Gasteiger partial charge in [0.15, 0.2) is 0 Å². The number of carbonyl (C=O) groups is 2. The third-order valence-corrected chi connectivity index (χ3v) is 5.98. The second-order valence-corrected chi connectivity index (χ2v) is 8.68. The standard InChI is InChI=1S/C12H21N3O4S/c1-11(2,3)8-20(18,19)15-6-4-12(5-7-15)9(16)13-10(17)14-12/h4-8H2,1-3H3,(H2,13,14,16,17). The van der Waals surface area contributed by atoms with E-state index < -0.39 is 21.6 Å². The minimum Gasteiger partial charge on any atom is -0.323 e. The zero-order chi connectivity index (χ0) is 15.2. The number of nitrogens with zero attached hydrogens (tertiary/aromatic N) is 1. The van der Waals surface area contributed by atoms with Crippen LogP contribution in [0.4, 0.5) is 4.79 Å². The Hall–Kier alpha value is -1.15. The Balaban J connectivity index is 2.05. The normalized spacial score (nSPS) is 23.8. The van der Waals surface area contributed by atoms with Crippen molar-refractivity contribution in [2.24, 2.45) is 5.41 Å². The van der Waals surface area contributed by atoms with E-state index in [0.717, 1.165) is 0 Å². The molecule has 0 saturated carbocycles. The van der Waals surface area contributed by atoms with Gasteiger partial charge in [-0.05, 0) is 18.3 Å². The minimum absolute atomic E-state index is 0.0750. The Bertz CT molecular complexity index is 527. The number of imide groups is 1. The third kappa shape index (κ3) is 2.95. The summed E-state index contributed by atoms with van der Waals surface area (Å²) >= 11 is 0. The molecule has 0 bridgehead atoms. The quantitative estimate of drug-likeness (QED) is 0.704. The van der Waals surface area contributed by atoms with Crippen molar-refractivity contribution in [2.75, 3.05) is 18.8 Å². The number of urea groups is 1. The molecule has 20 heavy (non-hydrogen) atoms. The van der Waals surface area contributed by atoms with Crippen LogP contribution in [0.2, 0.25) is 0 Å². The maximum Gasteiger partial charge on any atom is 0.322 e. The summed E-state index contributed by atoms with van der Waals surface area (Å²) in [5.41, 5.74) is -1.24. The maximum atomic E-state index is 12.3. The number of hydrogen-bond donors (Lipinski definition) is 2. The van der Waals surface area contributed by atoms with Crippen LogP contribution in [0.15, 0.2) is 0 Å². The average molecular weight is 303 g/mol. The number of hydrogen-bond acceptors (Lipinski definition) is 4. The summed E-state index contributed by atoms with van der Waals surface area (Å²) in [5, 5.41) is 4.83. The zero-order valence-corrected chi connectivity index (χ0v) is 12.8. The first-order valence-electron chi connectivity index (χ1n) is 6.66. The Morgan fingerprint density at radius 3 is 2.15 bits per heavy atom. The highest BCUT2D eigenvalue weighted by Crippen LogP contribution is 2.28. The molecule has 0 radical (unpaired) electrons. The van der Waals surface area contributed by atoms with Gasteiger partial charge in [0.25, 0.3) is 5.91 Å². The van der Waals surface area contributed by atoms with Crippen molar-refractivity contribution >= 4 is 22.0 Å². The van der Waals surface area contributed by atoms with Crippen molar-refractivity contribution in [3.63, 3.8) is 0 Å². The second-order valence-electron chi connectivity index (χ2n) is 6.71. The first-order chi connectivity index (χ1) is 9.04. The van der Waals surface area contributed by atoms with Crippen LogP contribution in [0.5, 0.6) is 0 Å². The van der Waals surface area contributed by atoms with Gasteiger partial charge in [-0.25, -0.2) is 17.5 Å². The fourth-order valence-electron chi connectivity index (χ4n) is 2.66. The van der Waals surface area contributed by atoms with Gasteiger partial charge in [-0.15, -0.1) is 0 Å². The highest BCUT2D eigenvalue weighted by Gasteiger charge is 2.49. The van der Waals surface area contributed by atoms with E-state index in [0.29, 0.717) is 12.8 Å². The summed E-state index contributed by atoms with van der Waals surface area (Å²) < 4.78 is 26.0.